The van der Waals surface area contributed by atoms with Crippen LogP contribution >= 0.6 is 0 Å². The molecule has 2 aromatic rings. The third-order valence-corrected chi connectivity index (χ3v) is 3.57. The molecule has 5 nitrogen and oxygen atoms in total. The van der Waals surface area contributed by atoms with Crippen molar-refractivity contribution in [1.82, 2.24) is 15.1 Å². The number of aromatic nitrogens is 2. The van der Waals surface area contributed by atoms with E-state index in [0.717, 1.165) is 22.5 Å². The number of hydrogen-bond acceptors (Lipinski definition) is 3. The molecule has 1 amide bonds. The molecule has 0 bridgehead atoms. The first-order chi connectivity index (χ1) is 10.0. The van der Waals surface area contributed by atoms with Gasteiger partial charge in [-0.15, -0.1) is 0 Å². The third-order valence-electron chi connectivity index (χ3n) is 3.57. The molecule has 0 aliphatic heterocycles. The van der Waals surface area contributed by atoms with Crippen LogP contribution in [0.3, 0.4) is 0 Å². The fraction of sp³-hybridized carbons (Fsp3) is 0.312. The molecule has 0 saturated heterocycles. The van der Waals surface area contributed by atoms with Gasteiger partial charge in [0, 0.05) is 24.8 Å². The van der Waals surface area contributed by atoms with Gasteiger partial charge < -0.3 is 5.32 Å². The molecule has 0 atom stereocenters. The number of aryl methyl sites for hydroxylation is 2. The van der Waals surface area contributed by atoms with E-state index in [-0.39, 0.29) is 5.91 Å². The largest absolute Gasteiger partial charge is 0.352 e. The minimum Gasteiger partial charge on any atom is -0.352 e. The van der Waals surface area contributed by atoms with Crippen LogP contribution < -0.4 is 5.32 Å². The summed E-state index contributed by atoms with van der Waals surface area (Å²) < 4.78 is 1.79. The summed E-state index contributed by atoms with van der Waals surface area (Å²) in [6.45, 7) is 4.34. The Bertz CT molecular complexity index is 692. The Kier molecular flexibility index (Phi) is 4.39. The van der Waals surface area contributed by atoms with Crippen LogP contribution in [0.2, 0.25) is 0 Å². The molecule has 0 radical (unpaired) electrons. The Morgan fingerprint density at radius 1 is 1.33 bits per heavy atom. The van der Waals surface area contributed by atoms with Crippen molar-refractivity contribution in [3.05, 3.63) is 52.3 Å². The van der Waals surface area contributed by atoms with E-state index in [9.17, 15) is 4.79 Å². The predicted octanol–water partition coefficient (Wildman–Crippen LogP) is 1.77. The van der Waals surface area contributed by atoms with Gasteiger partial charge in [0.15, 0.2) is 0 Å². The number of carbonyl (C=O) groups is 1. The van der Waals surface area contributed by atoms with Crippen LogP contribution in [0.5, 0.6) is 0 Å². The maximum absolute atomic E-state index is 12.0. The van der Waals surface area contributed by atoms with Gasteiger partial charge in [-0.2, -0.15) is 10.4 Å². The highest BCUT2D eigenvalue weighted by Gasteiger charge is 2.13. The van der Waals surface area contributed by atoms with Gasteiger partial charge in [-0.1, -0.05) is 12.1 Å². The SMILES string of the molecule is Cc1nn(C)c(C)c1CC(=O)NCc1ccc(C#N)cc1. The monoisotopic (exact) mass is 282 g/mol. The number of nitrogens with one attached hydrogen (secondary N) is 1. The van der Waals surface area contributed by atoms with Crippen molar-refractivity contribution in [2.24, 2.45) is 7.05 Å². The van der Waals surface area contributed by atoms with Crippen LogP contribution in [0.4, 0.5) is 0 Å². The summed E-state index contributed by atoms with van der Waals surface area (Å²) in [5.74, 6) is -0.0291. The highest BCUT2D eigenvalue weighted by atomic mass is 16.1. The average molecular weight is 282 g/mol. The molecule has 1 aromatic heterocycles. The second kappa shape index (κ2) is 6.23. The molecule has 0 fully saturated rings. The molecule has 1 aromatic carbocycles. The van der Waals surface area contributed by atoms with Crippen molar-refractivity contribution in [2.45, 2.75) is 26.8 Å². The third kappa shape index (κ3) is 3.48. The molecule has 2 rings (SSSR count). The maximum Gasteiger partial charge on any atom is 0.224 e. The van der Waals surface area contributed by atoms with Crippen LogP contribution in [-0.2, 0) is 24.8 Å². The molecule has 108 valence electrons. The second-order valence-corrected chi connectivity index (χ2v) is 5.04. The summed E-state index contributed by atoms with van der Waals surface area (Å²) >= 11 is 0. The second-order valence-electron chi connectivity index (χ2n) is 5.04. The molecule has 0 unspecified atom stereocenters. The Morgan fingerprint density at radius 3 is 2.52 bits per heavy atom. The molecular formula is C16H18N4O. The van der Waals surface area contributed by atoms with E-state index in [1.807, 2.05) is 33.0 Å². The molecule has 0 spiro atoms. The Balaban J connectivity index is 1.94. The maximum atomic E-state index is 12.0. The van der Waals surface area contributed by atoms with Crippen LogP contribution in [0.1, 0.15) is 28.1 Å². The Hall–Kier alpha value is -2.61. The minimum absolute atomic E-state index is 0.0291. The summed E-state index contributed by atoms with van der Waals surface area (Å²) in [4.78, 5) is 12.0. The Morgan fingerprint density at radius 2 is 2.00 bits per heavy atom. The molecule has 1 N–H and O–H groups in total. The van der Waals surface area contributed by atoms with Crippen molar-refractivity contribution in [1.29, 1.82) is 5.26 Å². The quantitative estimate of drug-likeness (QED) is 0.929. The summed E-state index contributed by atoms with van der Waals surface area (Å²) in [6, 6.07) is 9.26. The van der Waals surface area contributed by atoms with Crippen LogP contribution in [0.25, 0.3) is 0 Å². The standard InChI is InChI=1S/C16H18N4O/c1-11-15(12(2)20(3)19-11)8-16(21)18-10-14-6-4-13(9-17)5-7-14/h4-7H,8,10H2,1-3H3,(H,18,21). The summed E-state index contributed by atoms with van der Waals surface area (Å²) in [5.41, 5.74) is 4.48. The zero-order valence-corrected chi connectivity index (χ0v) is 12.5. The number of nitrogens with zero attached hydrogens (tertiary/aromatic N) is 3. The number of carbonyl (C=O) groups excluding carboxylic acids is 1. The fourth-order valence-electron chi connectivity index (χ4n) is 2.19. The van der Waals surface area contributed by atoms with E-state index in [1.165, 1.54) is 0 Å². The lowest BCUT2D eigenvalue weighted by molar-refractivity contribution is -0.120. The van der Waals surface area contributed by atoms with Gasteiger partial charge in [-0.25, -0.2) is 0 Å². The zero-order chi connectivity index (χ0) is 15.4. The number of amides is 1. The van der Waals surface area contributed by atoms with Gasteiger partial charge in [-0.3, -0.25) is 9.48 Å². The van der Waals surface area contributed by atoms with Crippen LogP contribution in [-0.4, -0.2) is 15.7 Å². The van der Waals surface area contributed by atoms with Gasteiger partial charge in [0.1, 0.15) is 0 Å². The topological polar surface area (TPSA) is 70.7 Å². The number of hydrogen-bond donors (Lipinski definition) is 1. The van der Waals surface area contributed by atoms with E-state index in [1.54, 1.807) is 16.8 Å². The lowest BCUT2D eigenvalue weighted by Gasteiger charge is -2.06. The summed E-state index contributed by atoms with van der Waals surface area (Å²) in [7, 11) is 1.88. The van der Waals surface area contributed by atoms with Gasteiger partial charge in [-0.05, 0) is 31.5 Å². The number of rotatable bonds is 4. The lowest BCUT2D eigenvalue weighted by Crippen LogP contribution is -2.25. The highest BCUT2D eigenvalue weighted by Crippen LogP contribution is 2.12. The van der Waals surface area contributed by atoms with Crippen molar-refractivity contribution in [3.63, 3.8) is 0 Å². The van der Waals surface area contributed by atoms with E-state index in [2.05, 4.69) is 16.5 Å². The molecule has 0 saturated carbocycles. The number of benzene rings is 1. The van der Waals surface area contributed by atoms with Crippen molar-refractivity contribution >= 4 is 5.91 Å². The molecule has 21 heavy (non-hydrogen) atoms. The first-order valence-corrected chi connectivity index (χ1v) is 6.76. The highest BCUT2D eigenvalue weighted by molar-refractivity contribution is 5.79. The number of nitriles is 1. The van der Waals surface area contributed by atoms with E-state index >= 15 is 0 Å². The summed E-state index contributed by atoms with van der Waals surface area (Å²) in [5, 5.41) is 15.9. The van der Waals surface area contributed by atoms with Gasteiger partial charge in [0.05, 0.1) is 23.7 Å². The van der Waals surface area contributed by atoms with E-state index < -0.39 is 0 Å². The molecule has 0 aliphatic carbocycles. The van der Waals surface area contributed by atoms with E-state index in [0.29, 0.717) is 18.5 Å². The van der Waals surface area contributed by atoms with Crippen LogP contribution in [0, 0.1) is 25.2 Å². The molecule has 0 aliphatic rings. The van der Waals surface area contributed by atoms with Crippen molar-refractivity contribution < 1.29 is 4.79 Å². The summed E-state index contributed by atoms with van der Waals surface area (Å²) in [6.07, 6.45) is 0.335. The average Bonchev–Trinajstić information content (AvgIpc) is 2.72. The van der Waals surface area contributed by atoms with E-state index in [4.69, 9.17) is 5.26 Å². The Labute approximate surface area is 124 Å². The molecule has 5 heteroatoms. The van der Waals surface area contributed by atoms with Crippen molar-refractivity contribution in [2.75, 3.05) is 0 Å². The zero-order valence-electron chi connectivity index (χ0n) is 12.5. The minimum atomic E-state index is -0.0291. The van der Waals surface area contributed by atoms with Gasteiger partial charge >= 0.3 is 0 Å². The van der Waals surface area contributed by atoms with Crippen LogP contribution in [0.15, 0.2) is 24.3 Å². The fourth-order valence-corrected chi connectivity index (χ4v) is 2.19. The normalized spacial score (nSPS) is 10.2. The van der Waals surface area contributed by atoms with Crippen molar-refractivity contribution in [3.8, 4) is 6.07 Å². The molecular weight excluding hydrogens is 264 g/mol. The predicted molar refractivity (Wildman–Crippen MR) is 79.4 cm³/mol. The smallest absolute Gasteiger partial charge is 0.224 e. The molecule has 1 heterocycles. The first kappa shape index (κ1) is 14.8. The first-order valence-electron chi connectivity index (χ1n) is 6.76. The van der Waals surface area contributed by atoms with Gasteiger partial charge in [0.2, 0.25) is 5.91 Å². The van der Waals surface area contributed by atoms with Gasteiger partial charge in [0.25, 0.3) is 0 Å². The lowest BCUT2D eigenvalue weighted by atomic mass is 10.1.